The highest BCUT2D eigenvalue weighted by atomic mass is 35.5. The average molecular weight is 421 g/mol. The summed E-state index contributed by atoms with van der Waals surface area (Å²) in [5, 5.41) is 7.29. The van der Waals surface area contributed by atoms with Crippen LogP contribution in [0.15, 0.2) is 29.3 Å². The van der Waals surface area contributed by atoms with Gasteiger partial charge >= 0.3 is 0 Å². The molecule has 2 saturated heterocycles. The van der Waals surface area contributed by atoms with Crippen LogP contribution in [-0.4, -0.2) is 87.1 Å². The lowest BCUT2D eigenvalue weighted by molar-refractivity contribution is -0.130. The molecular formula is C21H33ClN6O. The number of aliphatic imine (C=N–C) groups is 1. The summed E-state index contributed by atoms with van der Waals surface area (Å²) in [4.78, 5) is 23.6. The molecule has 2 fully saturated rings. The first-order valence-corrected chi connectivity index (χ1v) is 11.0. The van der Waals surface area contributed by atoms with E-state index in [0.29, 0.717) is 12.0 Å². The topological polar surface area (TPSA) is 63.2 Å². The highest BCUT2D eigenvalue weighted by Gasteiger charge is 2.24. The molecule has 2 aliphatic rings. The lowest BCUT2D eigenvalue weighted by Gasteiger charge is -2.36. The third-order valence-electron chi connectivity index (χ3n) is 5.87. The smallest absolute Gasteiger partial charge is 0.242 e. The molecule has 0 saturated carbocycles. The molecule has 2 N–H and O–H groups in total. The zero-order valence-corrected chi connectivity index (χ0v) is 18.3. The Kier molecular flexibility index (Phi) is 8.00. The fourth-order valence-electron chi connectivity index (χ4n) is 4.11. The zero-order chi connectivity index (χ0) is 20.6. The first-order chi connectivity index (χ1) is 14.1. The second-order valence-corrected chi connectivity index (χ2v) is 8.01. The molecule has 1 unspecified atom stereocenters. The van der Waals surface area contributed by atoms with Gasteiger partial charge in [-0.15, -0.1) is 0 Å². The second-order valence-electron chi connectivity index (χ2n) is 7.58. The van der Waals surface area contributed by atoms with Crippen LogP contribution in [0.25, 0.3) is 0 Å². The van der Waals surface area contributed by atoms with E-state index in [0.717, 1.165) is 50.0 Å². The van der Waals surface area contributed by atoms with E-state index < -0.39 is 0 Å². The van der Waals surface area contributed by atoms with Crippen LogP contribution in [0.2, 0.25) is 5.02 Å². The molecule has 29 heavy (non-hydrogen) atoms. The van der Waals surface area contributed by atoms with E-state index in [-0.39, 0.29) is 12.5 Å². The lowest BCUT2D eigenvalue weighted by atomic mass is 10.2. The number of likely N-dealkylation sites (tertiary alicyclic amines) is 1. The van der Waals surface area contributed by atoms with Crippen LogP contribution in [0.3, 0.4) is 0 Å². The van der Waals surface area contributed by atoms with Gasteiger partial charge in [0.25, 0.3) is 0 Å². The van der Waals surface area contributed by atoms with Gasteiger partial charge in [0.05, 0.1) is 6.54 Å². The van der Waals surface area contributed by atoms with Gasteiger partial charge in [0, 0.05) is 56.5 Å². The van der Waals surface area contributed by atoms with Crippen LogP contribution in [0, 0.1) is 0 Å². The van der Waals surface area contributed by atoms with Crippen molar-refractivity contribution in [1.82, 2.24) is 20.4 Å². The Balaban J connectivity index is 1.39. The third kappa shape index (κ3) is 6.00. The van der Waals surface area contributed by atoms with Crippen molar-refractivity contribution in [1.29, 1.82) is 0 Å². The number of nitrogens with one attached hydrogen (secondary N) is 2. The normalized spacial score (nSPS) is 20.8. The number of rotatable bonds is 6. The molecule has 0 radical (unpaired) electrons. The Labute approximate surface area is 179 Å². The van der Waals surface area contributed by atoms with Gasteiger partial charge in [0.2, 0.25) is 5.91 Å². The maximum absolute atomic E-state index is 12.6. The molecule has 1 amide bonds. The first-order valence-electron chi connectivity index (χ1n) is 10.6. The van der Waals surface area contributed by atoms with Crippen molar-refractivity contribution in [2.45, 2.75) is 25.8 Å². The predicted molar refractivity (Wildman–Crippen MR) is 120 cm³/mol. The number of piperazine rings is 1. The second kappa shape index (κ2) is 10.7. The summed E-state index contributed by atoms with van der Waals surface area (Å²) in [5.74, 6) is 0.806. The van der Waals surface area contributed by atoms with Crippen molar-refractivity contribution in [2.75, 3.05) is 64.3 Å². The quantitative estimate of drug-likeness (QED) is 0.541. The number of likely N-dealkylation sites (N-methyl/N-ethyl adjacent to an activating group) is 1. The summed E-state index contributed by atoms with van der Waals surface area (Å²) in [6, 6.07) is 8.42. The molecule has 3 rings (SSSR count). The van der Waals surface area contributed by atoms with E-state index in [2.05, 4.69) is 32.3 Å². The number of carbonyl (C=O) groups excluding carboxylic acids is 1. The molecule has 2 heterocycles. The number of carbonyl (C=O) groups is 1. The fourth-order valence-corrected chi connectivity index (χ4v) is 4.24. The minimum Gasteiger partial charge on any atom is -0.368 e. The van der Waals surface area contributed by atoms with E-state index in [1.165, 1.54) is 19.4 Å². The largest absolute Gasteiger partial charge is 0.368 e. The van der Waals surface area contributed by atoms with Crippen molar-refractivity contribution in [3.63, 3.8) is 0 Å². The van der Waals surface area contributed by atoms with Crippen molar-refractivity contribution in [3.05, 3.63) is 29.3 Å². The van der Waals surface area contributed by atoms with Crippen molar-refractivity contribution in [3.8, 4) is 0 Å². The first kappa shape index (κ1) is 21.7. The molecule has 0 aromatic heterocycles. The minimum absolute atomic E-state index is 0.111. The molecule has 1 aromatic rings. The number of benzene rings is 1. The summed E-state index contributed by atoms with van der Waals surface area (Å²) in [5.41, 5.74) is 1.15. The molecule has 7 nitrogen and oxygen atoms in total. The standard InChI is InChI=1S/C21H33ClN6O/c1-3-26-10-4-5-19(26)15-24-21(23-2)25-16-20(29)28-13-11-27(12-14-28)18-8-6-17(22)7-9-18/h6-9,19H,3-5,10-16H2,1-2H3,(H2,23,24,25). The van der Waals surface area contributed by atoms with E-state index in [1.54, 1.807) is 7.05 Å². The number of hydrogen-bond donors (Lipinski definition) is 2. The third-order valence-corrected chi connectivity index (χ3v) is 6.12. The van der Waals surface area contributed by atoms with Gasteiger partial charge in [-0.25, -0.2) is 0 Å². The van der Waals surface area contributed by atoms with Crippen LogP contribution in [0.1, 0.15) is 19.8 Å². The van der Waals surface area contributed by atoms with Crippen LogP contribution in [0.5, 0.6) is 0 Å². The van der Waals surface area contributed by atoms with Crippen LogP contribution < -0.4 is 15.5 Å². The minimum atomic E-state index is 0.111. The van der Waals surface area contributed by atoms with E-state index in [1.807, 2.05) is 29.2 Å². The molecule has 160 valence electrons. The summed E-state index contributed by atoms with van der Waals surface area (Å²) in [6.07, 6.45) is 2.47. The number of nitrogens with zero attached hydrogens (tertiary/aromatic N) is 4. The number of hydrogen-bond acceptors (Lipinski definition) is 4. The molecular weight excluding hydrogens is 388 g/mol. The zero-order valence-electron chi connectivity index (χ0n) is 17.5. The monoisotopic (exact) mass is 420 g/mol. The van der Waals surface area contributed by atoms with Gasteiger partial charge in [-0.2, -0.15) is 0 Å². The number of halogens is 1. The van der Waals surface area contributed by atoms with Crippen LogP contribution >= 0.6 is 11.6 Å². The van der Waals surface area contributed by atoms with E-state index in [4.69, 9.17) is 11.6 Å². The van der Waals surface area contributed by atoms with Crippen LogP contribution in [-0.2, 0) is 4.79 Å². The molecule has 1 aromatic carbocycles. The molecule has 8 heteroatoms. The predicted octanol–water partition coefficient (Wildman–Crippen LogP) is 1.64. The maximum atomic E-state index is 12.6. The van der Waals surface area contributed by atoms with Crippen LogP contribution in [0.4, 0.5) is 5.69 Å². The summed E-state index contributed by atoms with van der Waals surface area (Å²) >= 11 is 5.97. The maximum Gasteiger partial charge on any atom is 0.242 e. The Morgan fingerprint density at radius 1 is 1.14 bits per heavy atom. The van der Waals surface area contributed by atoms with Crippen molar-refractivity contribution >= 4 is 29.2 Å². The molecule has 2 aliphatic heterocycles. The summed E-state index contributed by atoms with van der Waals surface area (Å²) < 4.78 is 0. The summed E-state index contributed by atoms with van der Waals surface area (Å²) in [6.45, 7) is 8.70. The van der Waals surface area contributed by atoms with Gasteiger partial charge in [-0.1, -0.05) is 18.5 Å². The number of anilines is 1. The summed E-state index contributed by atoms with van der Waals surface area (Å²) in [7, 11) is 1.75. The van der Waals surface area contributed by atoms with E-state index >= 15 is 0 Å². The highest BCUT2D eigenvalue weighted by Crippen LogP contribution is 2.19. The van der Waals surface area contributed by atoms with Gasteiger partial charge in [-0.3, -0.25) is 14.7 Å². The Morgan fingerprint density at radius 3 is 2.52 bits per heavy atom. The molecule has 0 aliphatic carbocycles. The SMILES string of the molecule is CCN1CCCC1CNC(=NC)NCC(=O)N1CCN(c2ccc(Cl)cc2)CC1. The van der Waals surface area contributed by atoms with Gasteiger partial charge < -0.3 is 20.4 Å². The Bertz CT molecular complexity index is 687. The Morgan fingerprint density at radius 2 is 1.86 bits per heavy atom. The van der Waals surface area contributed by atoms with Crippen molar-refractivity contribution in [2.24, 2.45) is 4.99 Å². The van der Waals surface area contributed by atoms with Gasteiger partial charge in [-0.05, 0) is 50.2 Å². The van der Waals surface area contributed by atoms with Gasteiger partial charge in [0.1, 0.15) is 0 Å². The molecule has 1 atom stereocenters. The fraction of sp³-hybridized carbons (Fsp3) is 0.619. The lowest BCUT2D eigenvalue weighted by Crippen LogP contribution is -2.52. The Hall–Kier alpha value is -1.99. The highest BCUT2D eigenvalue weighted by molar-refractivity contribution is 6.30. The average Bonchev–Trinajstić information content (AvgIpc) is 3.22. The van der Waals surface area contributed by atoms with Gasteiger partial charge in [0.15, 0.2) is 5.96 Å². The number of amides is 1. The van der Waals surface area contributed by atoms with Crippen molar-refractivity contribution < 1.29 is 4.79 Å². The molecule has 0 spiro atoms. The molecule has 0 bridgehead atoms. The number of guanidine groups is 1. The van der Waals surface area contributed by atoms with E-state index in [9.17, 15) is 4.79 Å².